The summed E-state index contributed by atoms with van der Waals surface area (Å²) in [4.78, 5) is 23.2. The summed E-state index contributed by atoms with van der Waals surface area (Å²) in [7, 11) is 0. The maximum atomic E-state index is 14.3. The first-order chi connectivity index (χ1) is 15.2. The topological polar surface area (TPSA) is 45.7 Å². The number of anilines is 1. The number of para-hydroxylation sites is 1. The number of hydrogen-bond acceptors (Lipinski definition) is 6. The average molecular weight is 496 g/mol. The molecule has 2 aromatic carbocycles. The summed E-state index contributed by atoms with van der Waals surface area (Å²) in [6.07, 6.45) is 0.813. The molecule has 0 spiro atoms. The van der Waals surface area contributed by atoms with Crippen LogP contribution in [0.25, 0.3) is 10.2 Å². The number of fused-ring (bicyclic) bond motifs is 1. The molecule has 1 aromatic heterocycles. The predicted octanol–water partition coefficient (Wildman–Crippen LogP) is 5.34. The van der Waals surface area contributed by atoms with Gasteiger partial charge >= 0.3 is 0 Å². The van der Waals surface area contributed by atoms with Gasteiger partial charge in [0.25, 0.3) is 5.91 Å². The molecule has 0 bridgehead atoms. The number of hydrogen-bond donors (Lipinski definition) is 0. The highest BCUT2D eigenvalue weighted by Gasteiger charge is 2.24. The second kappa shape index (κ2) is 12.0. The smallest absolute Gasteiger partial charge is 0.261 e. The van der Waals surface area contributed by atoms with Crippen molar-refractivity contribution in [2.24, 2.45) is 0 Å². The molecule has 1 amide bonds. The molecule has 0 aliphatic carbocycles. The van der Waals surface area contributed by atoms with Crippen LogP contribution in [0.3, 0.4) is 0 Å². The Labute approximate surface area is 202 Å². The number of halogens is 2. The van der Waals surface area contributed by atoms with E-state index in [-0.39, 0.29) is 24.1 Å². The zero-order valence-electron chi connectivity index (χ0n) is 18.0. The molecule has 172 valence electrons. The Morgan fingerprint density at radius 2 is 2.00 bits per heavy atom. The molecule has 9 heteroatoms. The lowest BCUT2D eigenvalue weighted by molar-refractivity contribution is 0.0376. The van der Waals surface area contributed by atoms with Crippen LogP contribution in [0.4, 0.5) is 9.52 Å². The van der Waals surface area contributed by atoms with E-state index in [9.17, 15) is 9.18 Å². The van der Waals surface area contributed by atoms with Gasteiger partial charge in [0.1, 0.15) is 11.3 Å². The van der Waals surface area contributed by atoms with Crippen molar-refractivity contribution >= 4 is 56.8 Å². The Morgan fingerprint density at radius 1 is 1.22 bits per heavy atom. The molecule has 1 saturated heterocycles. The van der Waals surface area contributed by atoms with Gasteiger partial charge in [0.05, 0.1) is 23.5 Å². The lowest BCUT2D eigenvalue weighted by Gasteiger charge is -2.28. The first kappa shape index (κ1) is 24.9. The Balaban J connectivity index is 0.00000289. The zero-order chi connectivity index (χ0) is 21.6. The Bertz CT molecular complexity index is 1040. The minimum atomic E-state index is -0.359. The van der Waals surface area contributed by atoms with Crippen LogP contribution in [-0.4, -0.2) is 60.9 Å². The van der Waals surface area contributed by atoms with Crippen molar-refractivity contribution in [3.63, 3.8) is 0 Å². The van der Waals surface area contributed by atoms with Gasteiger partial charge in [-0.05, 0) is 36.4 Å². The van der Waals surface area contributed by atoms with Crippen LogP contribution in [0, 0.1) is 5.82 Å². The number of rotatable bonds is 8. The highest BCUT2D eigenvalue weighted by Crippen LogP contribution is 2.32. The number of nitrogens with zero attached hydrogens (tertiary/aromatic N) is 3. The lowest BCUT2D eigenvalue weighted by Crippen LogP contribution is -2.39. The summed E-state index contributed by atoms with van der Waals surface area (Å²) in [5, 5.41) is 0.545. The normalized spacial score (nSPS) is 14.3. The molecule has 1 fully saturated rings. The zero-order valence-corrected chi connectivity index (χ0v) is 20.4. The molecule has 4 rings (SSSR count). The fourth-order valence-electron chi connectivity index (χ4n) is 3.65. The summed E-state index contributed by atoms with van der Waals surface area (Å²) in [6, 6.07) is 12.6. The van der Waals surface area contributed by atoms with E-state index in [0.717, 1.165) is 54.6 Å². The van der Waals surface area contributed by atoms with E-state index in [1.807, 2.05) is 30.3 Å². The van der Waals surface area contributed by atoms with E-state index in [4.69, 9.17) is 4.74 Å². The van der Waals surface area contributed by atoms with Crippen molar-refractivity contribution < 1.29 is 13.9 Å². The number of aromatic nitrogens is 1. The first-order valence-electron chi connectivity index (χ1n) is 10.6. The van der Waals surface area contributed by atoms with Crippen LogP contribution in [-0.2, 0) is 4.74 Å². The molecule has 0 unspecified atom stereocenters. The SMILES string of the molecule is CCSc1ccccc1C(=O)N(CCCN1CCOCC1)c1nc2c(F)cccc2s1.Cl. The molecule has 1 aliphatic rings. The largest absolute Gasteiger partial charge is 0.379 e. The second-order valence-corrected chi connectivity index (χ2v) is 9.59. The van der Waals surface area contributed by atoms with Gasteiger partial charge in [-0.3, -0.25) is 14.6 Å². The summed E-state index contributed by atoms with van der Waals surface area (Å²) in [5.74, 6) is 0.439. The molecule has 5 nitrogen and oxygen atoms in total. The summed E-state index contributed by atoms with van der Waals surface area (Å²) < 4.78 is 20.4. The van der Waals surface area contributed by atoms with Crippen molar-refractivity contribution in [2.75, 3.05) is 50.0 Å². The van der Waals surface area contributed by atoms with Crippen LogP contribution in [0.5, 0.6) is 0 Å². The van der Waals surface area contributed by atoms with Crippen molar-refractivity contribution in [1.82, 2.24) is 9.88 Å². The third-order valence-electron chi connectivity index (χ3n) is 5.21. The fraction of sp³-hybridized carbons (Fsp3) is 0.391. The molecule has 0 saturated carbocycles. The van der Waals surface area contributed by atoms with Crippen LogP contribution in [0.15, 0.2) is 47.4 Å². The summed E-state index contributed by atoms with van der Waals surface area (Å²) >= 11 is 3.01. The second-order valence-electron chi connectivity index (χ2n) is 7.28. The molecule has 2 heterocycles. The summed E-state index contributed by atoms with van der Waals surface area (Å²) in [6.45, 7) is 6.82. The minimum absolute atomic E-state index is 0. The molecule has 0 N–H and O–H groups in total. The van der Waals surface area contributed by atoms with Crippen molar-refractivity contribution in [3.05, 3.63) is 53.8 Å². The van der Waals surface area contributed by atoms with E-state index >= 15 is 0 Å². The van der Waals surface area contributed by atoms with E-state index in [2.05, 4.69) is 16.8 Å². The maximum absolute atomic E-state index is 14.3. The summed E-state index contributed by atoms with van der Waals surface area (Å²) in [5.41, 5.74) is 0.991. The molecule has 3 aromatic rings. The van der Waals surface area contributed by atoms with Gasteiger partial charge in [-0.25, -0.2) is 9.37 Å². The molecular weight excluding hydrogens is 469 g/mol. The lowest BCUT2D eigenvalue weighted by atomic mass is 10.2. The molecule has 0 radical (unpaired) electrons. The molecular formula is C23H27ClFN3O2S2. The van der Waals surface area contributed by atoms with Crippen molar-refractivity contribution in [1.29, 1.82) is 0 Å². The van der Waals surface area contributed by atoms with Gasteiger partial charge in [0, 0.05) is 31.1 Å². The van der Waals surface area contributed by atoms with Crippen LogP contribution in [0.1, 0.15) is 23.7 Å². The number of benzene rings is 2. The number of amides is 1. The van der Waals surface area contributed by atoms with Gasteiger partial charge in [-0.15, -0.1) is 24.2 Å². The fourth-order valence-corrected chi connectivity index (χ4v) is 5.45. The monoisotopic (exact) mass is 495 g/mol. The molecule has 32 heavy (non-hydrogen) atoms. The number of carbonyl (C=O) groups is 1. The standard InChI is InChI=1S/C23H26FN3O2S2.ClH/c1-2-30-19-9-4-3-7-17(19)22(28)27(12-6-11-26-13-15-29-16-14-26)23-25-21-18(24)8-5-10-20(21)31-23;/h3-5,7-10H,2,6,11-16H2,1H3;1H. The van der Waals surface area contributed by atoms with Crippen LogP contribution < -0.4 is 4.90 Å². The van der Waals surface area contributed by atoms with Crippen molar-refractivity contribution in [3.8, 4) is 0 Å². The number of carbonyl (C=O) groups excluding carboxylic acids is 1. The van der Waals surface area contributed by atoms with Crippen molar-refractivity contribution in [2.45, 2.75) is 18.2 Å². The quantitative estimate of drug-likeness (QED) is 0.395. The van der Waals surface area contributed by atoms with E-state index in [1.165, 1.54) is 17.4 Å². The van der Waals surface area contributed by atoms with Gasteiger partial charge in [0.2, 0.25) is 0 Å². The van der Waals surface area contributed by atoms with Gasteiger partial charge < -0.3 is 4.74 Å². The third kappa shape index (κ3) is 5.80. The minimum Gasteiger partial charge on any atom is -0.379 e. The number of morpholine rings is 1. The van der Waals surface area contributed by atoms with Gasteiger partial charge in [-0.2, -0.15) is 0 Å². The number of thiazole rings is 1. The van der Waals surface area contributed by atoms with Gasteiger partial charge in [0.15, 0.2) is 5.13 Å². The van der Waals surface area contributed by atoms with E-state index in [0.29, 0.717) is 22.8 Å². The Hall–Kier alpha value is -1.71. The van der Waals surface area contributed by atoms with E-state index < -0.39 is 0 Å². The Morgan fingerprint density at radius 3 is 2.75 bits per heavy atom. The highest BCUT2D eigenvalue weighted by molar-refractivity contribution is 7.99. The third-order valence-corrected chi connectivity index (χ3v) is 7.21. The molecule has 0 atom stereocenters. The Kier molecular flexibility index (Phi) is 9.31. The van der Waals surface area contributed by atoms with Crippen LogP contribution in [0.2, 0.25) is 0 Å². The average Bonchev–Trinajstić information content (AvgIpc) is 3.23. The predicted molar refractivity (Wildman–Crippen MR) is 133 cm³/mol. The number of ether oxygens (including phenoxy) is 1. The maximum Gasteiger partial charge on any atom is 0.261 e. The first-order valence-corrected chi connectivity index (χ1v) is 12.4. The van der Waals surface area contributed by atoms with Gasteiger partial charge in [-0.1, -0.05) is 36.5 Å². The van der Waals surface area contributed by atoms with E-state index in [1.54, 1.807) is 22.7 Å². The number of thioether (sulfide) groups is 1. The van der Waals surface area contributed by atoms with Crippen LogP contribution >= 0.6 is 35.5 Å². The highest BCUT2D eigenvalue weighted by atomic mass is 35.5. The molecule has 1 aliphatic heterocycles.